The molecule has 0 N–H and O–H groups in total. The SMILES string of the molecule is CC(=O)Oc1cn(C(C)=O)c2cccc(C(F)(F)F)c12. The van der Waals surface area contributed by atoms with E-state index in [9.17, 15) is 22.8 Å². The van der Waals surface area contributed by atoms with Gasteiger partial charge in [-0.25, -0.2) is 0 Å². The quantitative estimate of drug-likeness (QED) is 0.756. The van der Waals surface area contributed by atoms with Gasteiger partial charge in [-0.05, 0) is 12.1 Å². The summed E-state index contributed by atoms with van der Waals surface area (Å²) >= 11 is 0. The van der Waals surface area contributed by atoms with Crippen LogP contribution >= 0.6 is 0 Å². The van der Waals surface area contributed by atoms with Gasteiger partial charge in [-0.2, -0.15) is 13.2 Å². The molecule has 1 heterocycles. The number of aromatic nitrogens is 1. The minimum Gasteiger partial charge on any atom is -0.424 e. The van der Waals surface area contributed by atoms with Crippen molar-refractivity contribution in [2.45, 2.75) is 20.0 Å². The molecule has 0 aliphatic carbocycles. The molecule has 1 aromatic heterocycles. The van der Waals surface area contributed by atoms with E-state index < -0.39 is 23.6 Å². The Kier molecular flexibility index (Phi) is 3.29. The Morgan fingerprint density at radius 3 is 2.35 bits per heavy atom. The van der Waals surface area contributed by atoms with Crippen LogP contribution in [0.3, 0.4) is 0 Å². The van der Waals surface area contributed by atoms with E-state index in [1.165, 1.54) is 19.1 Å². The number of hydrogen-bond donors (Lipinski definition) is 0. The zero-order valence-electron chi connectivity index (χ0n) is 10.6. The fourth-order valence-corrected chi connectivity index (χ4v) is 1.98. The molecule has 106 valence electrons. The predicted molar refractivity (Wildman–Crippen MR) is 64.5 cm³/mol. The van der Waals surface area contributed by atoms with Crippen molar-refractivity contribution < 1.29 is 27.5 Å². The van der Waals surface area contributed by atoms with Gasteiger partial charge in [0.15, 0.2) is 5.75 Å². The molecule has 0 spiro atoms. The third-order valence-corrected chi connectivity index (χ3v) is 2.69. The Balaban J connectivity index is 2.84. The lowest BCUT2D eigenvalue weighted by molar-refractivity contribution is -0.137. The molecule has 0 aliphatic rings. The van der Waals surface area contributed by atoms with Crippen molar-refractivity contribution in [1.29, 1.82) is 0 Å². The Bertz CT molecular complexity index is 701. The number of ether oxygens (including phenoxy) is 1. The molecule has 0 atom stereocenters. The highest BCUT2D eigenvalue weighted by molar-refractivity contribution is 5.98. The minimum atomic E-state index is -4.61. The molecule has 0 bridgehead atoms. The van der Waals surface area contributed by atoms with Crippen LogP contribution in [0.15, 0.2) is 24.4 Å². The van der Waals surface area contributed by atoms with Gasteiger partial charge in [0.2, 0.25) is 5.91 Å². The van der Waals surface area contributed by atoms with Crippen molar-refractivity contribution in [2.75, 3.05) is 0 Å². The summed E-state index contributed by atoms with van der Waals surface area (Å²) in [6.07, 6.45) is -3.53. The first-order valence-corrected chi connectivity index (χ1v) is 5.62. The van der Waals surface area contributed by atoms with E-state index in [4.69, 9.17) is 4.74 Å². The smallest absolute Gasteiger partial charge is 0.417 e. The van der Waals surface area contributed by atoms with Gasteiger partial charge in [-0.1, -0.05) is 6.07 Å². The maximum absolute atomic E-state index is 13.0. The topological polar surface area (TPSA) is 48.3 Å². The lowest BCUT2D eigenvalue weighted by atomic mass is 10.1. The van der Waals surface area contributed by atoms with E-state index in [1.54, 1.807) is 0 Å². The van der Waals surface area contributed by atoms with E-state index in [-0.39, 0.29) is 16.7 Å². The summed E-state index contributed by atoms with van der Waals surface area (Å²) in [6.45, 7) is 2.28. The van der Waals surface area contributed by atoms with E-state index in [0.29, 0.717) is 0 Å². The van der Waals surface area contributed by atoms with Crippen molar-refractivity contribution in [1.82, 2.24) is 4.57 Å². The van der Waals surface area contributed by atoms with Crippen LogP contribution in [0.5, 0.6) is 5.75 Å². The van der Waals surface area contributed by atoms with Gasteiger partial charge >= 0.3 is 12.1 Å². The predicted octanol–water partition coefficient (Wildman–Crippen LogP) is 3.25. The largest absolute Gasteiger partial charge is 0.424 e. The van der Waals surface area contributed by atoms with Gasteiger partial charge in [0.05, 0.1) is 22.7 Å². The number of rotatable bonds is 1. The van der Waals surface area contributed by atoms with Crippen molar-refractivity contribution in [3.8, 4) is 5.75 Å². The third kappa shape index (κ3) is 2.38. The van der Waals surface area contributed by atoms with E-state index >= 15 is 0 Å². The average molecular weight is 285 g/mol. The third-order valence-electron chi connectivity index (χ3n) is 2.69. The Hall–Kier alpha value is -2.31. The summed E-state index contributed by atoms with van der Waals surface area (Å²) in [6, 6.07) is 3.43. The molecule has 7 heteroatoms. The lowest BCUT2D eigenvalue weighted by Crippen LogP contribution is -2.07. The van der Waals surface area contributed by atoms with Crippen LogP contribution in [0, 0.1) is 0 Å². The van der Waals surface area contributed by atoms with Crippen molar-refractivity contribution in [3.63, 3.8) is 0 Å². The summed E-state index contributed by atoms with van der Waals surface area (Å²) in [5.74, 6) is -1.52. The molecule has 2 rings (SSSR count). The summed E-state index contributed by atoms with van der Waals surface area (Å²) < 4.78 is 44.8. The second-order valence-corrected chi connectivity index (χ2v) is 4.17. The number of nitrogens with zero attached hydrogens (tertiary/aromatic N) is 1. The molecule has 20 heavy (non-hydrogen) atoms. The average Bonchev–Trinajstić information content (AvgIpc) is 2.66. The maximum atomic E-state index is 13.0. The second kappa shape index (κ2) is 4.66. The van der Waals surface area contributed by atoms with Gasteiger partial charge in [-0.15, -0.1) is 0 Å². The zero-order chi connectivity index (χ0) is 15.1. The van der Waals surface area contributed by atoms with Gasteiger partial charge in [0.1, 0.15) is 0 Å². The number of carbonyl (C=O) groups excluding carboxylic acids is 2. The summed E-state index contributed by atoms with van der Waals surface area (Å²) in [7, 11) is 0. The van der Waals surface area contributed by atoms with Crippen LogP contribution in [0.1, 0.15) is 24.2 Å². The minimum absolute atomic E-state index is 0.0450. The normalized spacial score (nSPS) is 11.7. The lowest BCUT2D eigenvalue weighted by Gasteiger charge is -2.09. The highest BCUT2D eigenvalue weighted by Gasteiger charge is 2.35. The van der Waals surface area contributed by atoms with Crippen LogP contribution in [0.25, 0.3) is 10.9 Å². The van der Waals surface area contributed by atoms with Gasteiger partial charge in [0.25, 0.3) is 0 Å². The first-order valence-electron chi connectivity index (χ1n) is 5.62. The number of fused-ring (bicyclic) bond motifs is 1. The molecular formula is C13H10F3NO3. The van der Waals surface area contributed by atoms with Crippen LogP contribution in [-0.2, 0) is 11.0 Å². The van der Waals surface area contributed by atoms with Gasteiger partial charge in [0, 0.05) is 13.8 Å². The number of alkyl halides is 3. The number of halogens is 3. The summed E-state index contributed by atoms with van der Waals surface area (Å²) in [5.41, 5.74) is -0.908. The number of hydrogen-bond acceptors (Lipinski definition) is 3. The monoisotopic (exact) mass is 285 g/mol. The molecule has 0 radical (unpaired) electrons. The number of carbonyl (C=O) groups is 2. The molecule has 1 aromatic carbocycles. The highest BCUT2D eigenvalue weighted by atomic mass is 19.4. The molecule has 0 unspecified atom stereocenters. The summed E-state index contributed by atoms with van der Waals surface area (Å²) in [5, 5.41) is -0.301. The van der Waals surface area contributed by atoms with E-state index in [1.807, 2.05) is 0 Å². The van der Waals surface area contributed by atoms with Crippen LogP contribution in [0.2, 0.25) is 0 Å². The zero-order valence-corrected chi connectivity index (χ0v) is 10.6. The number of esters is 1. The van der Waals surface area contributed by atoms with Crippen LogP contribution in [-0.4, -0.2) is 16.4 Å². The first kappa shape index (κ1) is 14.1. The van der Waals surface area contributed by atoms with Crippen LogP contribution in [0.4, 0.5) is 13.2 Å². The molecule has 4 nitrogen and oxygen atoms in total. The molecule has 0 saturated heterocycles. The van der Waals surface area contributed by atoms with E-state index in [0.717, 1.165) is 23.8 Å². The molecule has 0 saturated carbocycles. The molecular weight excluding hydrogens is 275 g/mol. The fourth-order valence-electron chi connectivity index (χ4n) is 1.98. The first-order chi connectivity index (χ1) is 9.21. The highest BCUT2D eigenvalue weighted by Crippen LogP contribution is 2.40. The molecule has 0 aliphatic heterocycles. The van der Waals surface area contributed by atoms with Crippen LogP contribution < -0.4 is 4.74 Å². The van der Waals surface area contributed by atoms with Gasteiger partial charge in [-0.3, -0.25) is 14.2 Å². The van der Waals surface area contributed by atoms with Crippen molar-refractivity contribution in [2.24, 2.45) is 0 Å². The van der Waals surface area contributed by atoms with Crippen molar-refractivity contribution >= 4 is 22.8 Å². The molecule has 0 fully saturated rings. The standard InChI is InChI=1S/C13H10F3NO3/c1-7(18)17-6-11(20-8(2)19)12-9(13(14,15)16)4-3-5-10(12)17/h3-6H,1-2H3. The Labute approximate surface area is 111 Å². The number of benzene rings is 1. The molecule has 0 amide bonds. The fraction of sp³-hybridized carbons (Fsp3) is 0.231. The maximum Gasteiger partial charge on any atom is 0.417 e. The van der Waals surface area contributed by atoms with E-state index in [2.05, 4.69) is 0 Å². The van der Waals surface area contributed by atoms with Crippen molar-refractivity contribution in [3.05, 3.63) is 30.0 Å². The Morgan fingerprint density at radius 1 is 1.20 bits per heavy atom. The summed E-state index contributed by atoms with van der Waals surface area (Å²) in [4.78, 5) is 22.5. The Morgan fingerprint density at radius 2 is 1.85 bits per heavy atom. The van der Waals surface area contributed by atoms with Gasteiger partial charge < -0.3 is 4.74 Å². The second-order valence-electron chi connectivity index (χ2n) is 4.17. The molecule has 2 aromatic rings.